The Hall–Kier alpha value is -0.720. The van der Waals surface area contributed by atoms with Crippen molar-refractivity contribution in [3.8, 4) is 0 Å². The Balaban J connectivity index is 0.00000180. The Morgan fingerprint density at radius 1 is 1.47 bits per heavy atom. The second-order valence-corrected chi connectivity index (χ2v) is 5.12. The van der Waals surface area contributed by atoms with E-state index in [-0.39, 0.29) is 22.9 Å². The van der Waals surface area contributed by atoms with Gasteiger partial charge in [-0.1, -0.05) is 0 Å². The minimum atomic E-state index is -0.842. The minimum Gasteiger partial charge on any atom is -0.333 e. The maximum Gasteiger partial charge on any atom is 0.260 e. The lowest BCUT2D eigenvalue weighted by Gasteiger charge is -2.34. The van der Waals surface area contributed by atoms with Gasteiger partial charge in [0.2, 0.25) is 0 Å². The molecule has 1 aromatic rings. The summed E-state index contributed by atoms with van der Waals surface area (Å²) in [6, 6.07) is 2.26. The molecule has 3 nitrogen and oxygen atoms in total. The van der Waals surface area contributed by atoms with Gasteiger partial charge in [0.25, 0.3) is 5.91 Å². The van der Waals surface area contributed by atoms with Crippen LogP contribution in [0.4, 0.5) is 8.78 Å². The lowest BCUT2D eigenvalue weighted by Crippen LogP contribution is -2.52. The van der Waals surface area contributed by atoms with E-state index in [0.29, 0.717) is 19.6 Å². The lowest BCUT2D eigenvalue weighted by molar-refractivity contribution is 0.0645. The van der Waals surface area contributed by atoms with Crippen molar-refractivity contribution in [2.75, 3.05) is 19.6 Å². The first kappa shape index (κ1) is 16.3. The normalized spacial score (nSPS) is 18.9. The van der Waals surface area contributed by atoms with Gasteiger partial charge in [-0.3, -0.25) is 4.79 Å². The van der Waals surface area contributed by atoms with E-state index in [2.05, 4.69) is 21.2 Å². The van der Waals surface area contributed by atoms with Gasteiger partial charge in [-0.15, -0.1) is 12.4 Å². The molecule has 0 aliphatic carbocycles. The Bertz CT molecular complexity index is 487. The summed E-state index contributed by atoms with van der Waals surface area (Å²) < 4.78 is 27.6. The van der Waals surface area contributed by atoms with Crippen molar-refractivity contribution in [1.29, 1.82) is 0 Å². The highest BCUT2D eigenvalue weighted by Crippen LogP contribution is 2.23. The van der Waals surface area contributed by atoms with Gasteiger partial charge in [-0.2, -0.15) is 0 Å². The number of nitrogens with zero attached hydrogens (tertiary/aromatic N) is 1. The summed E-state index contributed by atoms with van der Waals surface area (Å²) in [5, 5.41) is 3.12. The van der Waals surface area contributed by atoms with Crippen LogP contribution in [0.2, 0.25) is 0 Å². The first-order chi connectivity index (χ1) is 8.52. The van der Waals surface area contributed by atoms with E-state index in [9.17, 15) is 13.6 Å². The van der Waals surface area contributed by atoms with Gasteiger partial charge in [0.05, 0.1) is 4.47 Å². The SMILES string of the molecule is CC1CNCCN1C(=O)c1c(F)ccc(Br)c1F.Cl. The molecule has 0 radical (unpaired) electrons. The van der Waals surface area contributed by atoms with Crippen LogP contribution in [0.5, 0.6) is 0 Å². The second-order valence-electron chi connectivity index (χ2n) is 4.27. The molecule has 1 unspecified atom stereocenters. The van der Waals surface area contributed by atoms with Crippen molar-refractivity contribution in [1.82, 2.24) is 10.2 Å². The minimum absolute atomic E-state index is 0. The van der Waals surface area contributed by atoms with Gasteiger partial charge in [0.1, 0.15) is 11.4 Å². The van der Waals surface area contributed by atoms with Crippen molar-refractivity contribution in [2.45, 2.75) is 13.0 Å². The van der Waals surface area contributed by atoms with Crippen LogP contribution in [0.3, 0.4) is 0 Å². The smallest absolute Gasteiger partial charge is 0.260 e. The zero-order valence-corrected chi connectivity index (χ0v) is 12.7. The maximum absolute atomic E-state index is 13.8. The van der Waals surface area contributed by atoms with Crippen molar-refractivity contribution in [2.24, 2.45) is 0 Å². The van der Waals surface area contributed by atoms with Gasteiger partial charge < -0.3 is 10.2 Å². The molecule has 7 heteroatoms. The Kier molecular flexibility index (Phi) is 5.70. The molecule has 0 aromatic heterocycles. The quantitative estimate of drug-likeness (QED) is 0.785. The van der Waals surface area contributed by atoms with E-state index < -0.39 is 23.1 Å². The summed E-state index contributed by atoms with van der Waals surface area (Å²) in [5.41, 5.74) is -0.488. The Morgan fingerprint density at radius 2 is 2.16 bits per heavy atom. The molecule has 1 atom stereocenters. The third kappa shape index (κ3) is 3.24. The van der Waals surface area contributed by atoms with Crippen LogP contribution in [0.15, 0.2) is 16.6 Å². The summed E-state index contributed by atoms with van der Waals surface area (Å²) in [6.45, 7) is 3.56. The molecule has 1 saturated heterocycles. The van der Waals surface area contributed by atoms with Crippen LogP contribution in [-0.4, -0.2) is 36.5 Å². The number of amides is 1. The van der Waals surface area contributed by atoms with Gasteiger partial charge in [0, 0.05) is 25.7 Å². The summed E-state index contributed by atoms with van der Waals surface area (Å²) in [5.74, 6) is -2.27. The number of hydrogen-bond acceptors (Lipinski definition) is 2. The summed E-state index contributed by atoms with van der Waals surface area (Å²) in [6.07, 6.45) is 0. The van der Waals surface area contributed by atoms with Crippen LogP contribution in [0.25, 0.3) is 0 Å². The Morgan fingerprint density at radius 3 is 2.79 bits per heavy atom. The van der Waals surface area contributed by atoms with Crippen molar-refractivity contribution >= 4 is 34.2 Å². The van der Waals surface area contributed by atoms with Crippen LogP contribution < -0.4 is 5.32 Å². The molecule has 0 saturated carbocycles. The molecule has 19 heavy (non-hydrogen) atoms. The fourth-order valence-electron chi connectivity index (χ4n) is 2.01. The van der Waals surface area contributed by atoms with E-state index >= 15 is 0 Å². The number of rotatable bonds is 1. The predicted molar refractivity (Wildman–Crippen MR) is 74.7 cm³/mol. The van der Waals surface area contributed by atoms with Crippen LogP contribution >= 0.6 is 28.3 Å². The molecule has 2 rings (SSSR count). The monoisotopic (exact) mass is 354 g/mol. The average molecular weight is 356 g/mol. The molecule has 1 N–H and O–H groups in total. The lowest BCUT2D eigenvalue weighted by atomic mass is 10.1. The highest BCUT2D eigenvalue weighted by atomic mass is 79.9. The van der Waals surface area contributed by atoms with Gasteiger partial charge in [-0.05, 0) is 35.0 Å². The number of benzene rings is 1. The van der Waals surface area contributed by atoms with E-state index in [4.69, 9.17) is 0 Å². The predicted octanol–water partition coefficient (Wildman–Crippen LogP) is 2.58. The molecule has 106 valence electrons. The van der Waals surface area contributed by atoms with E-state index in [1.807, 2.05) is 6.92 Å². The first-order valence-electron chi connectivity index (χ1n) is 5.67. The molecule has 1 aliphatic rings. The van der Waals surface area contributed by atoms with Crippen LogP contribution in [0, 0.1) is 11.6 Å². The first-order valence-corrected chi connectivity index (χ1v) is 6.47. The van der Waals surface area contributed by atoms with Gasteiger partial charge in [0.15, 0.2) is 5.82 Å². The number of nitrogens with one attached hydrogen (secondary N) is 1. The summed E-state index contributed by atoms with van der Waals surface area (Å²) >= 11 is 2.96. The van der Waals surface area contributed by atoms with Crippen molar-refractivity contribution in [3.05, 3.63) is 33.8 Å². The second kappa shape index (κ2) is 6.63. The number of piperazine rings is 1. The van der Waals surface area contributed by atoms with Crippen molar-refractivity contribution in [3.63, 3.8) is 0 Å². The third-order valence-electron chi connectivity index (χ3n) is 3.02. The molecule has 1 fully saturated rings. The van der Waals surface area contributed by atoms with Crippen LogP contribution in [-0.2, 0) is 0 Å². The summed E-state index contributed by atoms with van der Waals surface area (Å²) in [7, 11) is 0. The molecule has 0 spiro atoms. The van der Waals surface area contributed by atoms with E-state index in [1.54, 1.807) is 0 Å². The molecule has 0 bridgehead atoms. The van der Waals surface area contributed by atoms with E-state index in [0.717, 1.165) is 6.07 Å². The molecule has 1 aromatic carbocycles. The van der Waals surface area contributed by atoms with E-state index in [1.165, 1.54) is 11.0 Å². The fourth-order valence-corrected chi connectivity index (χ4v) is 2.34. The van der Waals surface area contributed by atoms with Gasteiger partial charge in [-0.25, -0.2) is 8.78 Å². The van der Waals surface area contributed by atoms with Crippen molar-refractivity contribution < 1.29 is 13.6 Å². The third-order valence-corrected chi connectivity index (χ3v) is 3.63. The molecule has 1 amide bonds. The largest absolute Gasteiger partial charge is 0.333 e. The maximum atomic E-state index is 13.8. The standard InChI is InChI=1S/C12H13BrF2N2O.ClH/c1-7-6-16-4-5-17(7)12(18)10-9(14)3-2-8(13)11(10)15;/h2-3,7,16H,4-6H2,1H3;1H. The number of hydrogen-bond donors (Lipinski definition) is 1. The Labute approximate surface area is 124 Å². The zero-order chi connectivity index (χ0) is 13.3. The number of carbonyl (C=O) groups is 1. The highest BCUT2D eigenvalue weighted by Gasteiger charge is 2.29. The summed E-state index contributed by atoms with van der Waals surface area (Å²) in [4.78, 5) is 13.7. The number of carbonyl (C=O) groups excluding carboxylic acids is 1. The van der Waals surface area contributed by atoms with Gasteiger partial charge >= 0.3 is 0 Å². The molecular formula is C12H14BrClF2N2O. The number of halogens is 4. The van der Waals surface area contributed by atoms with Crippen LogP contribution in [0.1, 0.15) is 17.3 Å². The zero-order valence-electron chi connectivity index (χ0n) is 10.3. The topological polar surface area (TPSA) is 32.3 Å². The highest BCUT2D eigenvalue weighted by molar-refractivity contribution is 9.10. The average Bonchev–Trinajstić information content (AvgIpc) is 2.35. The fraction of sp³-hybridized carbons (Fsp3) is 0.417. The molecular weight excluding hydrogens is 341 g/mol. The molecule has 1 aliphatic heterocycles. The molecule has 1 heterocycles.